The minimum absolute atomic E-state index is 0.275. The van der Waals surface area contributed by atoms with Gasteiger partial charge in [0.2, 0.25) is 11.7 Å². The van der Waals surface area contributed by atoms with Crippen molar-refractivity contribution < 1.29 is 14.1 Å². The summed E-state index contributed by atoms with van der Waals surface area (Å²) in [4.78, 5) is 16.5. The molecule has 0 atom stereocenters. The second kappa shape index (κ2) is 4.73. The van der Waals surface area contributed by atoms with Crippen LogP contribution in [0.2, 0.25) is 0 Å². The summed E-state index contributed by atoms with van der Waals surface area (Å²) in [6.07, 6.45) is 4.14. The monoisotopic (exact) mass is 276 g/mol. The van der Waals surface area contributed by atoms with Crippen LogP contribution in [0.4, 0.5) is 0 Å². The van der Waals surface area contributed by atoms with E-state index >= 15 is 0 Å². The highest BCUT2D eigenvalue weighted by Gasteiger charge is 2.52. The first-order valence-electron chi connectivity index (χ1n) is 6.67. The summed E-state index contributed by atoms with van der Waals surface area (Å²) >= 11 is 0. The van der Waals surface area contributed by atoms with Crippen molar-refractivity contribution in [2.75, 3.05) is 6.61 Å². The van der Waals surface area contributed by atoms with E-state index in [1.54, 1.807) is 23.9 Å². The van der Waals surface area contributed by atoms with Gasteiger partial charge in [0.05, 0.1) is 6.61 Å². The lowest BCUT2D eigenvalue weighted by atomic mass is 9.68. The molecule has 0 spiro atoms. The Balaban J connectivity index is 1.90. The molecule has 1 fully saturated rings. The summed E-state index contributed by atoms with van der Waals surface area (Å²) in [5, 5.41) is 8.14. The maximum absolute atomic E-state index is 12.1. The Morgan fingerprint density at radius 1 is 1.55 bits per heavy atom. The number of hydrogen-bond acceptors (Lipinski definition) is 6. The average Bonchev–Trinajstić information content (AvgIpc) is 2.97. The molecule has 2 heterocycles. The zero-order valence-corrected chi connectivity index (χ0v) is 11.5. The Hall–Kier alpha value is -2.18. The Kier molecular flexibility index (Phi) is 3.04. The van der Waals surface area contributed by atoms with Crippen LogP contribution in [0.5, 0.6) is 0 Å². The third-order valence-electron chi connectivity index (χ3n) is 3.65. The molecule has 3 rings (SSSR count). The summed E-state index contributed by atoms with van der Waals surface area (Å²) in [5.41, 5.74) is -0.128. The van der Waals surface area contributed by atoms with E-state index in [0.717, 1.165) is 6.42 Å². The Labute approximate surface area is 115 Å². The third kappa shape index (κ3) is 1.90. The molecule has 0 amide bonds. The first-order chi connectivity index (χ1) is 9.65. The topological polar surface area (TPSA) is 83.0 Å². The quantitative estimate of drug-likeness (QED) is 0.786. The van der Waals surface area contributed by atoms with Crippen molar-refractivity contribution in [3.63, 3.8) is 0 Å². The molecule has 2 aromatic rings. The van der Waals surface area contributed by atoms with Crippen molar-refractivity contribution in [1.82, 2.24) is 19.9 Å². The molecular formula is C13H16N4O3. The molecule has 1 saturated carbocycles. The lowest BCUT2D eigenvalue weighted by Gasteiger charge is -2.35. The van der Waals surface area contributed by atoms with Gasteiger partial charge in [0.1, 0.15) is 11.1 Å². The van der Waals surface area contributed by atoms with Gasteiger partial charge in [0, 0.05) is 13.2 Å². The standard InChI is InChI=1S/C13H16N4O3/c1-3-19-12(18)13(6-4-7-13)11-14-10(16-20-11)9-5-8-17(2)15-9/h5,8H,3-4,6-7H2,1-2H3. The van der Waals surface area contributed by atoms with E-state index in [1.165, 1.54) is 0 Å². The number of ether oxygens (including phenoxy) is 1. The maximum Gasteiger partial charge on any atom is 0.321 e. The highest BCUT2D eigenvalue weighted by molar-refractivity contribution is 5.83. The third-order valence-corrected chi connectivity index (χ3v) is 3.65. The van der Waals surface area contributed by atoms with E-state index in [-0.39, 0.29) is 5.97 Å². The van der Waals surface area contributed by atoms with Crippen LogP contribution in [0, 0.1) is 0 Å². The van der Waals surface area contributed by atoms with Crippen LogP contribution >= 0.6 is 0 Å². The van der Waals surface area contributed by atoms with Crippen LogP contribution in [0.15, 0.2) is 16.8 Å². The lowest BCUT2D eigenvalue weighted by molar-refractivity contribution is -0.155. The first kappa shape index (κ1) is 12.8. The summed E-state index contributed by atoms with van der Waals surface area (Å²) in [6, 6.07) is 1.80. The molecule has 0 aliphatic heterocycles. The van der Waals surface area contributed by atoms with E-state index in [1.807, 2.05) is 7.05 Å². The van der Waals surface area contributed by atoms with Gasteiger partial charge in [0.15, 0.2) is 0 Å². The van der Waals surface area contributed by atoms with E-state index in [2.05, 4.69) is 15.2 Å². The zero-order chi connectivity index (χ0) is 14.2. The molecule has 7 heteroatoms. The summed E-state index contributed by atoms with van der Waals surface area (Å²) in [5.74, 6) is 0.460. The van der Waals surface area contributed by atoms with Crippen molar-refractivity contribution in [2.24, 2.45) is 7.05 Å². The molecule has 0 aromatic carbocycles. The predicted molar refractivity (Wildman–Crippen MR) is 68.7 cm³/mol. The van der Waals surface area contributed by atoms with Gasteiger partial charge in [-0.05, 0) is 25.8 Å². The number of aryl methyl sites for hydroxylation is 1. The van der Waals surface area contributed by atoms with Crippen molar-refractivity contribution in [2.45, 2.75) is 31.6 Å². The molecule has 7 nitrogen and oxygen atoms in total. The lowest BCUT2D eigenvalue weighted by Crippen LogP contribution is -2.44. The molecule has 2 aromatic heterocycles. The molecule has 0 bridgehead atoms. The summed E-state index contributed by atoms with van der Waals surface area (Å²) in [7, 11) is 1.82. The van der Waals surface area contributed by atoms with Gasteiger partial charge in [0.25, 0.3) is 0 Å². The number of hydrogen-bond donors (Lipinski definition) is 0. The molecule has 1 aliphatic rings. The molecule has 1 aliphatic carbocycles. The highest BCUT2D eigenvalue weighted by atomic mass is 16.5. The second-order valence-electron chi connectivity index (χ2n) is 4.95. The Morgan fingerprint density at radius 2 is 2.35 bits per heavy atom. The molecule has 20 heavy (non-hydrogen) atoms. The largest absolute Gasteiger partial charge is 0.465 e. The number of nitrogens with zero attached hydrogens (tertiary/aromatic N) is 4. The number of carbonyl (C=O) groups excluding carboxylic acids is 1. The number of aromatic nitrogens is 4. The SMILES string of the molecule is CCOC(=O)C1(c2nc(-c3ccn(C)n3)no2)CCC1. The second-order valence-corrected chi connectivity index (χ2v) is 4.95. The number of carbonyl (C=O) groups is 1. The van der Waals surface area contributed by atoms with Crippen molar-refractivity contribution >= 4 is 5.97 Å². The minimum atomic E-state index is -0.754. The molecule has 0 radical (unpaired) electrons. The van der Waals surface area contributed by atoms with Crippen molar-refractivity contribution in [1.29, 1.82) is 0 Å². The van der Waals surface area contributed by atoms with Crippen LogP contribution in [0.25, 0.3) is 11.5 Å². The van der Waals surface area contributed by atoms with Gasteiger partial charge in [-0.1, -0.05) is 11.6 Å². The minimum Gasteiger partial charge on any atom is -0.465 e. The summed E-state index contributed by atoms with van der Waals surface area (Å²) in [6.45, 7) is 2.14. The van der Waals surface area contributed by atoms with Gasteiger partial charge in [-0.25, -0.2) is 0 Å². The first-order valence-corrected chi connectivity index (χ1v) is 6.67. The predicted octanol–water partition coefficient (Wildman–Crippen LogP) is 1.45. The van der Waals surface area contributed by atoms with Crippen LogP contribution in [-0.2, 0) is 22.0 Å². The van der Waals surface area contributed by atoms with Crippen LogP contribution < -0.4 is 0 Å². The van der Waals surface area contributed by atoms with Gasteiger partial charge in [-0.2, -0.15) is 10.1 Å². The Bertz CT molecular complexity index is 627. The van der Waals surface area contributed by atoms with Gasteiger partial charge >= 0.3 is 5.97 Å². The van der Waals surface area contributed by atoms with Gasteiger partial charge < -0.3 is 9.26 Å². The smallest absolute Gasteiger partial charge is 0.321 e. The molecule has 0 N–H and O–H groups in total. The fourth-order valence-electron chi connectivity index (χ4n) is 2.36. The van der Waals surface area contributed by atoms with Crippen LogP contribution in [0.3, 0.4) is 0 Å². The molecule has 106 valence electrons. The molecule has 0 unspecified atom stereocenters. The van der Waals surface area contributed by atoms with Crippen molar-refractivity contribution in [3.05, 3.63) is 18.2 Å². The fourth-order valence-corrected chi connectivity index (χ4v) is 2.36. The van der Waals surface area contributed by atoms with Crippen molar-refractivity contribution in [3.8, 4) is 11.5 Å². The maximum atomic E-state index is 12.1. The van der Waals surface area contributed by atoms with Crippen LogP contribution in [-0.4, -0.2) is 32.5 Å². The zero-order valence-electron chi connectivity index (χ0n) is 11.5. The van der Waals surface area contributed by atoms with Gasteiger partial charge in [-0.3, -0.25) is 9.48 Å². The van der Waals surface area contributed by atoms with E-state index in [0.29, 0.717) is 36.9 Å². The average molecular weight is 276 g/mol. The van der Waals surface area contributed by atoms with E-state index < -0.39 is 5.41 Å². The van der Waals surface area contributed by atoms with E-state index in [9.17, 15) is 4.79 Å². The van der Waals surface area contributed by atoms with E-state index in [4.69, 9.17) is 9.26 Å². The number of esters is 1. The summed E-state index contributed by atoms with van der Waals surface area (Å²) < 4.78 is 12.1. The fraction of sp³-hybridized carbons (Fsp3) is 0.538. The molecule has 0 saturated heterocycles. The Morgan fingerprint density at radius 3 is 2.90 bits per heavy atom. The normalized spacial score (nSPS) is 16.7. The van der Waals surface area contributed by atoms with Gasteiger partial charge in [-0.15, -0.1) is 0 Å². The highest BCUT2D eigenvalue weighted by Crippen LogP contribution is 2.44. The number of rotatable bonds is 4. The van der Waals surface area contributed by atoms with Crippen LogP contribution in [0.1, 0.15) is 32.1 Å². The molecular weight excluding hydrogens is 260 g/mol.